The summed E-state index contributed by atoms with van der Waals surface area (Å²) in [6.07, 6.45) is 3.42. The lowest BCUT2D eigenvalue weighted by Gasteiger charge is -2.15. The van der Waals surface area contributed by atoms with Crippen LogP contribution in [0.2, 0.25) is 0 Å². The Labute approximate surface area is 94.7 Å². The van der Waals surface area contributed by atoms with Gasteiger partial charge in [0.05, 0.1) is 11.9 Å². The minimum atomic E-state index is -3.49. The molecule has 1 unspecified atom stereocenters. The van der Waals surface area contributed by atoms with Gasteiger partial charge >= 0.3 is 0 Å². The topological polar surface area (TPSA) is 101 Å². The van der Waals surface area contributed by atoms with E-state index in [9.17, 15) is 8.42 Å². The number of aryl methyl sites for hydroxylation is 1. The molecule has 1 fully saturated rings. The van der Waals surface area contributed by atoms with Gasteiger partial charge in [-0.15, -0.1) is 0 Å². The Morgan fingerprint density at radius 2 is 2.38 bits per heavy atom. The van der Waals surface area contributed by atoms with Crippen LogP contribution in [0, 0.1) is 12.8 Å². The molecule has 90 valence electrons. The molecule has 16 heavy (non-hydrogen) atoms. The van der Waals surface area contributed by atoms with Gasteiger partial charge in [0.15, 0.2) is 0 Å². The fourth-order valence-electron chi connectivity index (χ4n) is 1.71. The maximum Gasteiger partial charge on any atom is 0.244 e. The summed E-state index contributed by atoms with van der Waals surface area (Å²) in [5.41, 5.74) is 6.10. The van der Waals surface area contributed by atoms with Crippen LogP contribution in [0.3, 0.4) is 0 Å². The summed E-state index contributed by atoms with van der Waals surface area (Å²) in [6, 6.07) is -0.153. The van der Waals surface area contributed by atoms with Gasteiger partial charge in [0.2, 0.25) is 10.0 Å². The number of hydrogen-bond acceptors (Lipinski definition) is 4. The van der Waals surface area contributed by atoms with E-state index >= 15 is 0 Å². The van der Waals surface area contributed by atoms with Crippen molar-refractivity contribution in [1.29, 1.82) is 0 Å². The van der Waals surface area contributed by atoms with Crippen LogP contribution in [-0.4, -0.2) is 31.2 Å². The molecule has 0 aliphatic heterocycles. The highest BCUT2D eigenvalue weighted by molar-refractivity contribution is 7.89. The van der Waals surface area contributed by atoms with Gasteiger partial charge in [-0.3, -0.25) is 5.10 Å². The zero-order valence-corrected chi connectivity index (χ0v) is 9.92. The van der Waals surface area contributed by atoms with Crippen LogP contribution in [0.25, 0.3) is 0 Å². The van der Waals surface area contributed by atoms with E-state index in [2.05, 4.69) is 14.9 Å². The SMILES string of the molecule is Cc1[nH]ncc1S(=O)(=O)NC(CN)C1CC1. The third-order valence-corrected chi connectivity index (χ3v) is 4.43. The lowest BCUT2D eigenvalue weighted by molar-refractivity contribution is 0.519. The van der Waals surface area contributed by atoms with Crippen molar-refractivity contribution >= 4 is 10.0 Å². The Morgan fingerprint density at radius 3 is 2.81 bits per heavy atom. The summed E-state index contributed by atoms with van der Waals surface area (Å²) < 4.78 is 26.6. The first-order valence-electron chi connectivity index (χ1n) is 5.27. The highest BCUT2D eigenvalue weighted by Gasteiger charge is 2.34. The van der Waals surface area contributed by atoms with Crippen molar-refractivity contribution in [2.75, 3.05) is 6.54 Å². The first-order valence-corrected chi connectivity index (χ1v) is 6.75. The van der Waals surface area contributed by atoms with Crippen molar-refractivity contribution in [1.82, 2.24) is 14.9 Å². The molecule has 1 heterocycles. The quantitative estimate of drug-likeness (QED) is 0.664. The number of nitrogens with one attached hydrogen (secondary N) is 2. The summed E-state index contributed by atoms with van der Waals surface area (Å²) >= 11 is 0. The van der Waals surface area contributed by atoms with E-state index in [0.29, 0.717) is 18.2 Å². The number of rotatable bonds is 5. The Kier molecular flexibility index (Phi) is 3.00. The molecule has 1 aromatic heterocycles. The van der Waals surface area contributed by atoms with E-state index in [1.807, 2.05) is 0 Å². The second-order valence-corrected chi connectivity index (χ2v) is 5.84. The molecular weight excluding hydrogens is 228 g/mol. The Bertz CT molecular complexity index is 464. The highest BCUT2D eigenvalue weighted by Crippen LogP contribution is 2.32. The third-order valence-electron chi connectivity index (χ3n) is 2.82. The summed E-state index contributed by atoms with van der Waals surface area (Å²) in [6.45, 7) is 2.01. The van der Waals surface area contributed by atoms with Gasteiger partial charge < -0.3 is 5.73 Å². The Hall–Kier alpha value is -0.920. The average molecular weight is 244 g/mol. The summed E-state index contributed by atoms with van der Waals surface area (Å²) in [5.74, 6) is 0.395. The van der Waals surface area contributed by atoms with Crippen molar-refractivity contribution in [3.8, 4) is 0 Å². The first-order chi connectivity index (χ1) is 7.54. The van der Waals surface area contributed by atoms with Gasteiger partial charge in [-0.05, 0) is 25.7 Å². The maximum atomic E-state index is 12.0. The van der Waals surface area contributed by atoms with Gasteiger partial charge in [-0.25, -0.2) is 13.1 Å². The van der Waals surface area contributed by atoms with Crippen LogP contribution in [-0.2, 0) is 10.0 Å². The molecular formula is C9H16N4O2S. The van der Waals surface area contributed by atoms with Crippen LogP contribution < -0.4 is 10.5 Å². The standard InChI is InChI=1S/C9H16N4O2S/c1-6-9(5-11-12-6)16(14,15)13-8(4-10)7-2-3-7/h5,7-8,13H,2-4,10H2,1H3,(H,11,12). The van der Waals surface area contributed by atoms with E-state index in [-0.39, 0.29) is 10.9 Å². The normalized spacial score (nSPS) is 18.6. The number of H-pyrrole nitrogens is 1. The minimum Gasteiger partial charge on any atom is -0.329 e. The molecule has 0 radical (unpaired) electrons. The molecule has 2 rings (SSSR count). The van der Waals surface area contributed by atoms with Crippen molar-refractivity contribution in [3.05, 3.63) is 11.9 Å². The highest BCUT2D eigenvalue weighted by atomic mass is 32.2. The third kappa shape index (κ3) is 2.26. The molecule has 1 aliphatic carbocycles. The average Bonchev–Trinajstić information content (AvgIpc) is 2.97. The lowest BCUT2D eigenvalue weighted by Crippen LogP contribution is -2.41. The summed E-state index contributed by atoms with van der Waals surface area (Å²) in [4.78, 5) is 0.201. The summed E-state index contributed by atoms with van der Waals surface area (Å²) in [5, 5.41) is 6.32. The smallest absolute Gasteiger partial charge is 0.244 e. The fraction of sp³-hybridized carbons (Fsp3) is 0.667. The van der Waals surface area contributed by atoms with Crippen molar-refractivity contribution < 1.29 is 8.42 Å². The van der Waals surface area contributed by atoms with Gasteiger partial charge in [0.25, 0.3) is 0 Å². The molecule has 1 saturated carbocycles. The fourth-order valence-corrected chi connectivity index (χ4v) is 3.16. The molecule has 4 N–H and O–H groups in total. The van der Waals surface area contributed by atoms with E-state index in [1.54, 1.807) is 6.92 Å². The molecule has 0 amide bonds. The number of nitrogens with zero attached hydrogens (tertiary/aromatic N) is 1. The molecule has 6 nitrogen and oxygen atoms in total. The minimum absolute atomic E-state index is 0.153. The van der Waals surface area contributed by atoms with Crippen molar-refractivity contribution in [2.45, 2.75) is 30.7 Å². The van der Waals surface area contributed by atoms with Crippen LogP contribution in [0.1, 0.15) is 18.5 Å². The molecule has 1 atom stereocenters. The molecule has 1 aliphatic rings. The summed E-state index contributed by atoms with van der Waals surface area (Å²) in [7, 11) is -3.49. The number of nitrogens with two attached hydrogens (primary N) is 1. The molecule has 1 aromatic rings. The number of hydrogen-bond donors (Lipinski definition) is 3. The van der Waals surface area contributed by atoms with Crippen LogP contribution in [0.5, 0.6) is 0 Å². The van der Waals surface area contributed by atoms with Crippen molar-refractivity contribution in [2.24, 2.45) is 11.7 Å². The zero-order valence-electron chi connectivity index (χ0n) is 9.10. The maximum absolute atomic E-state index is 12.0. The second kappa shape index (κ2) is 4.15. The first kappa shape index (κ1) is 11.6. The monoisotopic (exact) mass is 244 g/mol. The molecule has 0 spiro atoms. The van der Waals surface area contributed by atoms with Gasteiger partial charge in [-0.1, -0.05) is 0 Å². The molecule has 0 saturated heterocycles. The van der Waals surface area contributed by atoms with E-state index < -0.39 is 10.0 Å². The molecule has 0 bridgehead atoms. The predicted octanol–water partition coefficient (Wildman–Crippen LogP) is -0.266. The van der Waals surface area contributed by atoms with E-state index in [0.717, 1.165) is 12.8 Å². The zero-order chi connectivity index (χ0) is 11.8. The van der Waals surface area contributed by atoms with Crippen LogP contribution in [0.15, 0.2) is 11.1 Å². The predicted molar refractivity (Wildman–Crippen MR) is 59.2 cm³/mol. The molecule has 0 aromatic carbocycles. The van der Waals surface area contributed by atoms with Crippen LogP contribution >= 0.6 is 0 Å². The second-order valence-electron chi connectivity index (χ2n) is 4.16. The molecule has 7 heteroatoms. The van der Waals surface area contributed by atoms with Crippen LogP contribution in [0.4, 0.5) is 0 Å². The van der Waals surface area contributed by atoms with Gasteiger partial charge in [0.1, 0.15) is 4.90 Å². The number of aromatic amines is 1. The van der Waals surface area contributed by atoms with Gasteiger partial charge in [0, 0.05) is 12.6 Å². The largest absolute Gasteiger partial charge is 0.329 e. The van der Waals surface area contributed by atoms with Gasteiger partial charge in [-0.2, -0.15) is 5.10 Å². The number of sulfonamides is 1. The Morgan fingerprint density at radius 1 is 1.69 bits per heavy atom. The Balaban J connectivity index is 2.16. The van der Waals surface area contributed by atoms with Crippen molar-refractivity contribution in [3.63, 3.8) is 0 Å². The lowest BCUT2D eigenvalue weighted by atomic mass is 10.2. The van der Waals surface area contributed by atoms with E-state index in [1.165, 1.54) is 6.20 Å². The van der Waals surface area contributed by atoms with E-state index in [4.69, 9.17) is 5.73 Å². The number of aromatic nitrogens is 2.